The second-order valence-electron chi connectivity index (χ2n) is 6.56. The summed E-state index contributed by atoms with van der Waals surface area (Å²) >= 11 is 5.88. The zero-order valence-corrected chi connectivity index (χ0v) is 13.6. The van der Waals surface area contributed by atoms with E-state index in [0.29, 0.717) is 5.92 Å². The zero-order valence-electron chi connectivity index (χ0n) is 12.9. The molecule has 3 N–H and O–H groups in total. The summed E-state index contributed by atoms with van der Waals surface area (Å²) in [5.41, 5.74) is 6.80. The van der Waals surface area contributed by atoms with Crippen molar-refractivity contribution >= 4 is 17.5 Å². The van der Waals surface area contributed by atoms with Gasteiger partial charge in [-0.1, -0.05) is 43.5 Å². The molecular weight excluding hydrogens is 284 g/mol. The standard InChI is InChI=1S/C17H25ClN2O/c1-12-4-3-9-17(19,11-12)16(21)20-13(2)10-14-5-7-15(18)8-6-14/h5-8,12-13H,3-4,9-11,19H2,1-2H3,(H,20,21). The number of benzene rings is 1. The maximum atomic E-state index is 12.5. The van der Waals surface area contributed by atoms with Gasteiger partial charge in [-0.15, -0.1) is 0 Å². The number of hydrogen-bond donors (Lipinski definition) is 2. The molecule has 21 heavy (non-hydrogen) atoms. The van der Waals surface area contributed by atoms with Crippen LogP contribution < -0.4 is 11.1 Å². The van der Waals surface area contributed by atoms with Crippen LogP contribution in [0.1, 0.15) is 45.1 Å². The molecule has 0 aliphatic heterocycles. The van der Waals surface area contributed by atoms with Crippen molar-refractivity contribution in [1.29, 1.82) is 0 Å². The third-order valence-corrected chi connectivity index (χ3v) is 4.57. The highest BCUT2D eigenvalue weighted by molar-refractivity contribution is 6.30. The molecule has 0 saturated heterocycles. The van der Waals surface area contributed by atoms with E-state index in [0.717, 1.165) is 36.3 Å². The Kier molecular flexibility index (Phi) is 5.28. The molecule has 116 valence electrons. The minimum Gasteiger partial charge on any atom is -0.352 e. The molecule has 3 atom stereocenters. The predicted molar refractivity (Wildman–Crippen MR) is 87.3 cm³/mol. The predicted octanol–water partition coefficient (Wildman–Crippen LogP) is 3.29. The summed E-state index contributed by atoms with van der Waals surface area (Å²) in [4.78, 5) is 12.5. The monoisotopic (exact) mass is 308 g/mol. The van der Waals surface area contributed by atoms with Crippen LogP contribution in [0.15, 0.2) is 24.3 Å². The van der Waals surface area contributed by atoms with Gasteiger partial charge in [0.15, 0.2) is 0 Å². The molecule has 0 heterocycles. The highest BCUT2D eigenvalue weighted by atomic mass is 35.5. The maximum absolute atomic E-state index is 12.5. The summed E-state index contributed by atoms with van der Waals surface area (Å²) in [5.74, 6) is 0.525. The van der Waals surface area contributed by atoms with Crippen LogP contribution in [0.25, 0.3) is 0 Å². The number of nitrogens with two attached hydrogens (primary N) is 1. The van der Waals surface area contributed by atoms with Gasteiger partial charge in [0.05, 0.1) is 5.54 Å². The fourth-order valence-electron chi connectivity index (χ4n) is 3.19. The van der Waals surface area contributed by atoms with E-state index in [1.807, 2.05) is 31.2 Å². The Labute approximate surface area is 132 Å². The molecule has 2 rings (SSSR count). The Balaban J connectivity index is 1.91. The van der Waals surface area contributed by atoms with Crippen LogP contribution in [0, 0.1) is 5.92 Å². The summed E-state index contributed by atoms with van der Waals surface area (Å²) in [6.45, 7) is 4.19. The third kappa shape index (κ3) is 4.45. The quantitative estimate of drug-likeness (QED) is 0.896. The lowest BCUT2D eigenvalue weighted by Crippen LogP contribution is -2.58. The molecule has 0 aromatic heterocycles. The van der Waals surface area contributed by atoms with Crippen LogP contribution in [0.2, 0.25) is 5.02 Å². The van der Waals surface area contributed by atoms with Crippen LogP contribution in [0.3, 0.4) is 0 Å². The molecule has 1 aromatic rings. The van der Waals surface area contributed by atoms with Gasteiger partial charge in [0.2, 0.25) is 5.91 Å². The average molecular weight is 309 g/mol. The second kappa shape index (κ2) is 6.80. The lowest BCUT2D eigenvalue weighted by Gasteiger charge is -2.36. The minimum atomic E-state index is -0.689. The molecule has 3 unspecified atom stereocenters. The van der Waals surface area contributed by atoms with Crippen LogP contribution in [-0.4, -0.2) is 17.5 Å². The van der Waals surface area contributed by atoms with Gasteiger partial charge in [0.1, 0.15) is 0 Å². The summed E-state index contributed by atoms with van der Waals surface area (Å²) in [6.07, 6.45) is 4.57. The van der Waals surface area contributed by atoms with Gasteiger partial charge in [0, 0.05) is 11.1 Å². The maximum Gasteiger partial charge on any atom is 0.240 e. The number of halogens is 1. The van der Waals surface area contributed by atoms with Crippen molar-refractivity contribution in [1.82, 2.24) is 5.32 Å². The van der Waals surface area contributed by atoms with Crippen LogP contribution in [0.4, 0.5) is 0 Å². The number of hydrogen-bond acceptors (Lipinski definition) is 2. The number of rotatable bonds is 4. The Hall–Kier alpha value is -1.06. The van der Waals surface area contributed by atoms with E-state index >= 15 is 0 Å². The van der Waals surface area contributed by atoms with Crippen molar-refractivity contribution in [3.8, 4) is 0 Å². The van der Waals surface area contributed by atoms with Crippen molar-refractivity contribution in [2.45, 2.75) is 57.5 Å². The lowest BCUT2D eigenvalue weighted by molar-refractivity contribution is -0.128. The van der Waals surface area contributed by atoms with E-state index in [1.54, 1.807) is 0 Å². The first-order chi connectivity index (χ1) is 9.89. The van der Waals surface area contributed by atoms with Gasteiger partial charge in [0.25, 0.3) is 0 Å². The van der Waals surface area contributed by atoms with Gasteiger partial charge in [-0.25, -0.2) is 0 Å². The van der Waals surface area contributed by atoms with Crippen molar-refractivity contribution < 1.29 is 4.79 Å². The molecule has 1 fully saturated rings. The topological polar surface area (TPSA) is 55.1 Å². The molecule has 0 radical (unpaired) electrons. The summed E-state index contributed by atoms with van der Waals surface area (Å²) in [5, 5.41) is 3.81. The molecular formula is C17H25ClN2O. The normalized spacial score (nSPS) is 27.1. The van der Waals surface area contributed by atoms with E-state index in [4.69, 9.17) is 17.3 Å². The van der Waals surface area contributed by atoms with Crippen molar-refractivity contribution in [2.24, 2.45) is 11.7 Å². The van der Waals surface area contributed by atoms with Crippen molar-refractivity contribution in [2.75, 3.05) is 0 Å². The number of carbonyl (C=O) groups excluding carboxylic acids is 1. The van der Waals surface area contributed by atoms with Crippen molar-refractivity contribution in [3.05, 3.63) is 34.9 Å². The fraction of sp³-hybridized carbons (Fsp3) is 0.588. The summed E-state index contributed by atoms with van der Waals surface area (Å²) in [7, 11) is 0. The van der Waals surface area contributed by atoms with E-state index in [2.05, 4.69) is 12.2 Å². The highest BCUT2D eigenvalue weighted by Crippen LogP contribution is 2.30. The van der Waals surface area contributed by atoms with E-state index in [1.165, 1.54) is 6.42 Å². The van der Waals surface area contributed by atoms with Crippen molar-refractivity contribution in [3.63, 3.8) is 0 Å². The Bertz CT molecular complexity index is 488. The van der Waals surface area contributed by atoms with Gasteiger partial charge in [-0.2, -0.15) is 0 Å². The Morgan fingerprint density at radius 3 is 2.76 bits per heavy atom. The zero-order chi connectivity index (χ0) is 15.5. The smallest absolute Gasteiger partial charge is 0.240 e. The molecule has 1 aliphatic rings. The highest BCUT2D eigenvalue weighted by Gasteiger charge is 2.38. The molecule has 4 heteroatoms. The number of nitrogens with one attached hydrogen (secondary N) is 1. The van der Waals surface area contributed by atoms with Gasteiger partial charge >= 0.3 is 0 Å². The van der Waals surface area contributed by atoms with E-state index in [-0.39, 0.29) is 11.9 Å². The van der Waals surface area contributed by atoms with Gasteiger partial charge in [-0.3, -0.25) is 4.79 Å². The third-order valence-electron chi connectivity index (χ3n) is 4.32. The fourth-order valence-corrected chi connectivity index (χ4v) is 3.32. The Morgan fingerprint density at radius 1 is 1.48 bits per heavy atom. The van der Waals surface area contributed by atoms with E-state index < -0.39 is 5.54 Å². The van der Waals surface area contributed by atoms with Crippen LogP contribution in [0.5, 0.6) is 0 Å². The Morgan fingerprint density at radius 2 is 2.14 bits per heavy atom. The first-order valence-corrected chi connectivity index (χ1v) is 8.11. The summed E-state index contributed by atoms with van der Waals surface area (Å²) in [6, 6.07) is 7.80. The largest absolute Gasteiger partial charge is 0.352 e. The number of carbonyl (C=O) groups is 1. The lowest BCUT2D eigenvalue weighted by atomic mass is 9.76. The van der Waals surface area contributed by atoms with Crippen LogP contribution in [-0.2, 0) is 11.2 Å². The summed E-state index contributed by atoms with van der Waals surface area (Å²) < 4.78 is 0. The number of amides is 1. The van der Waals surface area contributed by atoms with Gasteiger partial charge in [-0.05, 0) is 49.8 Å². The first-order valence-electron chi connectivity index (χ1n) is 7.73. The molecule has 3 nitrogen and oxygen atoms in total. The first kappa shape index (κ1) is 16.3. The molecule has 1 aliphatic carbocycles. The molecule has 0 spiro atoms. The molecule has 0 bridgehead atoms. The molecule has 1 aromatic carbocycles. The average Bonchev–Trinajstić information content (AvgIpc) is 2.41. The van der Waals surface area contributed by atoms with Crippen LogP contribution >= 0.6 is 11.6 Å². The SMILES string of the molecule is CC1CCCC(N)(C(=O)NC(C)Cc2ccc(Cl)cc2)C1. The minimum absolute atomic E-state index is 0.00415. The molecule has 1 saturated carbocycles. The van der Waals surface area contributed by atoms with Gasteiger partial charge < -0.3 is 11.1 Å². The van der Waals surface area contributed by atoms with E-state index in [9.17, 15) is 4.79 Å². The second-order valence-corrected chi connectivity index (χ2v) is 7.00. The molecule has 1 amide bonds.